The molecule has 7 aromatic rings. The largest absolute Gasteiger partial charge is 0.256 e. The van der Waals surface area contributed by atoms with Gasteiger partial charge in [-0.05, 0) is 35.9 Å². The Hall–Kier alpha value is -3.53. The molecule has 0 atom stereocenters. The fraction of sp³-hybridized carbons (Fsp3) is 0. The molecule has 4 aromatic carbocycles. The third-order valence-corrected chi connectivity index (χ3v) is 8.54. The number of hydrogen-bond donors (Lipinski definition) is 0. The first-order valence-electron chi connectivity index (χ1n) is 10.6. The Bertz CT molecular complexity index is 1690. The standard InChI is InChI=1S/C29H17NS2/c1-2-8-18(9-3-1)24-16-19(14-15-30-24)27-28-22(20-10-4-6-12-25(20)31-28)17-23-21-11-5-7-13-26(21)32-29(23)27/h1-17H. The smallest absolute Gasteiger partial charge is 0.0708 e. The quantitative estimate of drug-likeness (QED) is 0.259. The van der Waals surface area contributed by atoms with Crippen molar-refractivity contribution in [2.75, 3.05) is 0 Å². The molecule has 150 valence electrons. The molecule has 1 nitrogen and oxygen atoms in total. The van der Waals surface area contributed by atoms with Gasteiger partial charge in [0, 0.05) is 57.7 Å². The first kappa shape index (κ1) is 18.1. The molecule has 32 heavy (non-hydrogen) atoms. The van der Waals surface area contributed by atoms with Gasteiger partial charge in [-0.2, -0.15) is 0 Å². The second-order valence-electron chi connectivity index (χ2n) is 8.00. The zero-order chi connectivity index (χ0) is 21.1. The van der Waals surface area contributed by atoms with Crippen LogP contribution in [0.1, 0.15) is 0 Å². The van der Waals surface area contributed by atoms with Crippen molar-refractivity contribution in [1.82, 2.24) is 4.98 Å². The SMILES string of the molecule is c1ccc(-c2cc(-c3c4sc5ccccc5c4cc4c3sc3ccccc34)ccn2)cc1. The first-order valence-corrected chi connectivity index (χ1v) is 12.3. The number of nitrogens with zero attached hydrogens (tertiary/aromatic N) is 1. The van der Waals surface area contributed by atoms with E-state index in [2.05, 4.69) is 96.0 Å². The lowest BCUT2D eigenvalue weighted by molar-refractivity contribution is 1.33. The van der Waals surface area contributed by atoms with E-state index < -0.39 is 0 Å². The molecule has 0 saturated heterocycles. The molecule has 0 N–H and O–H groups in total. The zero-order valence-electron chi connectivity index (χ0n) is 17.1. The van der Waals surface area contributed by atoms with Crippen LogP contribution in [-0.4, -0.2) is 4.98 Å². The number of fused-ring (bicyclic) bond motifs is 6. The van der Waals surface area contributed by atoms with Crippen LogP contribution < -0.4 is 0 Å². The molecule has 0 fully saturated rings. The summed E-state index contributed by atoms with van der Waals surface area (Å²) in [5.41, 5.74) is 4.72. The highest BCUT2D eigenvalue weighted by molar-refractivity contribution is 7.29. The molecule has 3 aromatic heterocycles. The number of thiophene rings is 2. The van der Waals surface area contributed by atoms with E-state index in [1.807, 2.05) is 34.9 Å². The summed E-state index contributed by atoms with van der Waals surface area (Å²) in [5, 5.41) is 5.36. The van der Waals surface area contributed by atoms with Gasteiger partial charge in [0.1, 0.15) is 0 Å². The van der Waals surface area contributed by atoms with Gasteiger partial charge < -0.3 is 0 Å². The van der Waals surface area contributed by atoms with Crippen molar-refractivity contribution in [3.8, 4) is 22.4 Å². The lowest BCUT2D eigenvalue weighted by Gasteiger charge is -2.09. The molecular formula is C29H17NS2. The van der Waals surface area contributed by atoms with Crippen molar-refractivity contribution in [2.24, 2.45) is 0 Å². The summed E-state index contributed by atoms with van der Waals surface area (Å²) in [6, 6.07) is 34.8. The lowest BCUT2D eigenvalue weighted by atomic mass is 9.98. The number of aromatic nitrogens is 1. The van der Waals surface area contributed by atoms with Gasteiger partial charge in [0.15, 0.2) is 0 Å². The van der Waals surface area contributed by atoms with Crippen molar-refractivity contribution in [3.63, 3.8) is 0 Å². The van der Waals surface area contributed by atoms with Gasteiger partial charge in [-0.1, -0.05) is 66.7 Å². The normalized spacial score (nSPS) is 11.8. The van der Waals surface area contributed by atoms with Crippen LogP contribution in [0.15, 0.2) is 103 Å². The van der Waals surface area contributed by atoms with Gasteiger partial charge in [-0.15, -0.1) is 22.7 Å². The highest BCUT2D eigenvalue weighted by Gasteiger charge is 2.18. The van der Waals surface area contributed by atoms with E-state index in [1.54, 1.807) is 0 Å². The average Bonchev–Trinajstić information content (AvgIpc) is 3.41. The lowest BCUT2D eigenvalue weighted by Crippen LogP contribution is -1.86. The van der Waals surface area contributed by atoms with Gasteiger partial charge in [-0.3, -0.25) is 4.98 Å². The van der Waals surface area contributed by atoms with Crippen LogP contribution in [-0.2, 0) is 0 Å². The zero-order valence-corrected chi connectivity index (χ0v) is 18.7. The Labute approximate surface area is 193 Å². The van der Waals surface area contributed by atoms with E-state index in [9.17, 15) is 0 Å². The maximum atomic E-state index is 4.69. The Morgan fingerprint density at radius 2 is 1.09 bits per heavy atom. The molecule has 0 unspecified atom stereocenters. The van der Waals surface area contributed by atoms with E-state index in [0.29, 0.717) is 0 Å². The second kappa shape index (κ2) is 6.99. The van der Waals surface area contributed by atoms with Crippen LogP contribution in [0.4, 0.5) is 0 Å². The molecule has 7 rings (SSSR count). The van der Waals surface area contributed by atoms with Crippen LogP contribution in [0.5, 0.6) is 0 Å². The number of benzene rings is 4. The van der Waals surface area contributed by atoms with Gasteiger partial charge in [0.2, 0.25) is 0 Å². The third kappa shape index (κ3) is 2.65. The van der Waals surface area contributed by atoms with Gasteiger partial charge in [-0.25, -0.2) is 0 Å². The number of hydrogen-bond acceptors (Lipinski definition) is 3. The van der Waals surface area contributed by atoms with E-state index in [0.717, 1.165) is 11.3 Å². The molecule has 0 bridgehead atoms. The topological polar surface area (TPSA) is 12.9 Å². The summed E-state index contributed by atoms with van der Waals surface area (Å²) < 4.78 is 5.39. The highest BCUT2D eigenvalue weighted by Crippen LogP contribution is 2.48. The Morgan fingerprint density at radius 1 is 0.500 bits per heavy atom. The molecule has 0 saturated carbocycles. The van der Waals surface area contributed by atoms with Crippen LogP contribution >= 0.6 is 22.7 Å². The van der Waals surface area contributed by atoms with Gasteiger partial charge >= 0.3 is 0 Å². The predicted octanol–water partition coefficient (Wildman–Crippen LogP) is 9.15. The molecule has 0 radical (unpaired) electrons. The summed E-state index contributed by atoms with van der Waals surface area (Å²) in [6.45, 7) is 0. The van der Waals surface area contributed by atoms with Crippen molar-refractivity contribution in [2.45, 2.75) is 0 Å². The minimum atomic E-state index is 1.01. The molecule has 0 amide bonds. The van der Waals surface area contributed by atoms with Crippen LogP contribution in [0.25, 0.3) is 62.7 Å². The van der Waals surface area contributed by atoms with E-state index >= 15 is 0 Å². The minimum Gasteiger partial charge on any atom is -0.256 e. The molecule has 0 spiro atoms. The predicted molar refractivity (Wildman–Crippen MR) is 141 cm³/mol. The molecular weight excluding hydrogens is 426 g/mol. The van der Waals surface area contributed by atoms with Crippen molar-refractivity contribution in [3.05, 3.63) is 103 Å². The van der Waals surface area contributed by atoms with E-state index in [-0.39, 0.29) is 0 Å². The summed E-state index contributed by atoms with van der Waals surface area (Å²) in [7, 11) is 0. The Balaban J connectivity index is 1.64. The molecule has 0 aliphatic heterocycles. The average molecular weight is 444 g/mol. The number of pyridine rings is 1. The fourth-order valence-corrected chi connectivity index (χ4v) is 7.23. The summed E-state index contributed by atoms with van der Waals surface area (Å²) >= 11 is 3.79. The second-order valence-corrected chi connectivity index (χ2v) is 10.1. The highest BCUT2D eigenvalue weighted by atomic mass is 32.1. The Morgan fingerprint density at radius 3 is 1.75 bits per heavy atom. The van der Waals surface area contributed by atoms with Crippen LogP contribution in [0.3, 0.4) is 0 Å². The van der Waals surface area contributed by atoms with Crippen molar-refractivity contribution >= 4 is 63.0 Å². The summed E-state index contributed by atoms with van der Waals surface area (Å²) in [6.07, 6.45) is 1.95. The molecule has 0 aliphatic rings. The van der Waals surface area contributed by atoms with E-state index in [4.69, 9.17) is 0 Å². The maximum absolute atomic E-state index is 4.69. The molecule has 0 aliphatic carbocycles. The Kier molecular flexibility index (Phi) is 3.95. The van der Waals surface area contributed by atoms with Gasteiger partial charge in [0.25, 0.3) is 0 Å². The molecule has 3 heteroatoms. The van der Waals surface area contributed by atoms with Crippen molar-refractivity contribution < 1.29 is 0 Å². The summed E-state index contributed by atoms with van der Waals surface area (Å²) in [4.78, 5) is 4.69. The van der Waals surface area contributed by atoms with Gasteiger partial charge in [0.05, 0.1) is 5.69 Å². The summed E-state index contributed by atoms with van der Waals surface area (Å²) in [5.74, 6) is 0. The van der Waals surface area contributed by atoms with E-state index in [1.165, 1.54) is 51.5 Å². The minimum absolute atomic E-state index is 1.01. The maximum Gasteiger partial charge on any atom is 0.0708 e. The monoisotopic (exact) mass is 443 g/mol. The fourth-order valence-electron chi connectivity index (χ4n) is 4.65. The van der Waals surface area contributed by atoms with Crippen LogP contribution in [0, 0.1) is 0 Å². The van der Waals surface area contributed by atoms with Crippen molar-refractivity contribution in [1.29, 1.82) is 0 Å². The first-order chi connectivity index (χ1) is 15.9. The third-order valence-electron chi connectivity index (χ3n) is 6.13. The molecule has 3 heterocycles. The number of rotatable bonds is 2. The van der Waals surface area contributed by atoms with Crippen LogP contribution in [0.2, 0.25) is 0 Å².